The van der Waals surface area contributed by atoms with Crippen LogP contribution in [0.1, 0.15) is 58.6 Å². The Morgan fingerprint density at radius 3 is 2.41 bits per heavy atom. The van der Waals surface area contributed by atoms with Gasteiger partial charge in [-0.25, -0.2) is 4.79 Å². The van der Waals surface area contributed by atoms with Crippen LogP contribution in [0.25, 0.3) is 0 Å². The second-order valence-electron chi connectivity index (χ2n) is 11.0. The Labute approximate surface area is 242 Å². The topological polar surface area (TPSA) is 125 Å². The molecule has 0 fully saturated rings. The molecule has 2 amide bonds. The van der Waals surface area contributed by atoms with E-state index in [1.165, 1.54) is 17.0 Å². The molecule has 2 aromatic rings. The van der Waals surface area contributed by atoms with Crippen molar-refractivity contribution in [2.24, 2.45) is 11.3 Å². The Morgan fingerprint density at radius 1 is 1.17 bits per heavy atom. The van der Waals surface area contributed by atoms with Crippen molar-refractivity contribution in [2.75, 3.05) is 23.4 Å². The van der Waals surface area contributed by atoms with Gasteiger partial charge in [0.1, 0.15) is 11.9 Å². The maximum Gasteiger partial charge on any atom is 0.501 e. The average molecular weight is 597 g/mol. The molecule has 1 unspecified atom stereocenters. The van der Waals surface area contributed by atoms with Gasteiger partial charge in [0.25, 0.3) is 5.91 Å². The second kappa shape index (κ2) is 13.1. The fourth-order valence-electron chi connectivity index (χ4n) is 4.32. The highest BCUT2D eigenvalue weighted by Gasteiger charge is 2.42. The van der Waals surface area contributed by atoms with E-state index in [1.807, 2.05) is 20.8 Å². The molecule has 0 aliphatic carbocycles. The van der Waals surface area contributed by atoms with E-state index in [0.717, 1.165) is 24.1 Å². The predicted molar refractivity (Wildman–Crippen MR) is 149 cm³/mol. The SMILES string of the molecule is CCC(C)C[C@@H]1O[C@H](CC(=O)Nc2ccc(OC(F)(F)C(=O)O)cc2)C(=O)N(CC(C)(C)CO)c2ccc(Cl)cc21. The molecular weight excluding hydrogens is 562 g/mol. The van der Waals surface area contributed by atoms with Crippen LogP contribution in [0.2, 0.25) is 5.02 Å². The van der Waals surface area contributed by atoms with E-state index in [1.54, 1.807) is 18.2 Å². The van der Waals surface area contributed by atoms with Crippen LogP contribution in [0, 0.1) is 11.3 Å². The summed E-state index contributed by atoms with van der Waals surface area (Å²) in [6.07, 6.45) is -5.01. The van der Waals surface area contributed by atoms with Gasteiger partial charge in [0.15, 0.2) is 0 Å². The van der Waals surface area contributed by atoms with Crippen molar-refractivity contribution in [1.29, 1.82) is 0 Å². The lowest BCUT2D eigenvalue weighted by atomic mass is 9.92. The number of rotatable bonds is 12. The van der Waals surface area contributed by atoms with Gasteiger partial charge in [0, 0.05) is 40.5 Å². The van der Waals surface area contributed by atoms with Gasteiger partial charge in [-0.3, -0.25) is 9.59 Å². The number of carboxylic acids is 1. The van der Waals surface area contributed by atoms with Gasteiger partial charge in [-0.2, -0.15) is 8.78 Å². The molecule has 1 aliphatic rings. The van der Waals surface area contributed by atoms with E-state index in [-0.39, 0.29) is 31.2 Å². The number of nitrogens with one attached hydrogen (secondary N) is 1. The lowest BCUT2D eigenvalue weighted by Crippen LogP contribution is -2.46. The number of aliphatic hydroxyl groups is 1. The lowest BCUT2D eigenvalue weighted by molar-refractivity contribution is -0.210. The van der Waals surface area contributed by atoms with Crippen molar-refractivity contribution in [3.8, 4) is 5.75 Å². The maximum atomic E-state index is 13.9. The number of carbonyl (C=O) groups is 3. The van der Waals surface area contributed by atoms with E-state index in [4.69, 9.17) is 21.4 Å². The summed E-state index contributed by atoms with van der Waals surface area (Å²) in [5.41, 5.74) is 0.881. The predicted octanol–water partition coefficient (Wildman–Crippen LogP) is 5.65. The number of aliphatic hydroxyl groups excluding tert-OH is 1. The highest BCUT2D eigenvalue weighted by molar-refractivity contribution is 6.30. The number of fused-ring (bicyclic) bond motifs is 1. The minimum atomic E-state index is -4.41. The van der Waals surface area contributed by atoms with E-state index >= 15 is 0 Å². The third-order valence-electron chi connectivity index (χ3n) is 6.83. The molecule has 0 saturated carbocycles. The Kier molecular flexibility index (Phi) is 10.3. The summed E-state index contributed by atoms with van der Waals surface area (Å²) in [6.45, 7) is 7.73. The molecule has 41 heavy (non-hydrogen) atoms. The van der Waals surface area contributed by atoms with Crippen LogP contribution in [0.4, 0.5) is 20.2 Å². The molecule has 0 radical (unpaired) electrons. The van der Waals surface area contributed by atoms with Crippen molar-refractivity contribution >= 4 is 40.8 Å². The number of aliphatic carboxylic acids is 1. The molecule has 12 heteroatoms. The van der Waals surface area contributed by atoms with E-state index < -0.39 is 47.3 Å². The maximum absolute atomic E-state index is 13.9. The summed E-state index contributed by atoms with van der Waals surface area (Å²) in [7, 11) is 0. The van der Waals surface area contributed by atoms with Crippen molar-refractivity contribution in [3.63, 3.8) is 0 Å². The van der Waals surface area contributed by atoms with Crippen LogP contribution >= 0.6 is 11.6 Å². The Bertz CT molecular complexity index is 1260. The van der Waals surface area contributed by atoms with Gasteiger partial charge < -0.3 is 29.9 Å². The zero-order valence-electron chi connectivity index (χ0n) is 23.3. The zero-order chi connectivity index (χ0) is 30.5. The molecule has 224 valence electrons. The van der Waals surface area contributed by atoms with Crippen molar-refractivity contribution < 1.29 is 42.9 Å². The first-order chi connectivity index (χ1) is 19.2. The van der Waals surface area contributed by atoms with Crippen LogP contribution in [-0.2, 0) is 19.1 Å². The minimum absolute atomic E-state index is 0.164. The number of ether oxygens (including phenoxy) is 2. The third kappa shape index (κ3) is 8.37. The molecule has 1 heterocycles. The molecule has 3 rings (SSSR count). The molecule has 0 aromatic heterocycles. The summed E-state index contributed by atoms with van der Waals surface area (Å²) in [5.74, 6) is -3.62. The minimum Gasteiger partial charge on any atom is -0.474 e. The normalized spacial score (nSPS) is 18.3. The van der Waals surface area contributed by atoms with Crippen LogP contribution in [0.3, 0.4) is 0 Å². The number of hydrogen-bond acceptors (Lipinski definition) is 6. The lowest BCUT2D eigenvalue weighted by Gasteiger charge is -2.32. The molecule has 0 saturated heterocycles. The van der Waals surface area contributed by atoms with Crippen molar-refractivity contribution in [2.45, 2.75) is 65.3 Å². The Balaban J connectivity index is 1.86. The number of carboxylic acid groups (broad SMARTS) is 1. The van der Waals surface area contributed by atoms with Crippen molar-refractivity contribution in [3.05, 3.63) is 53.1 Å². The Morgan fingerprint density at radius 2 is 1.83 bits per heavy atom. The highest BCUT2D eigenvalue weighted by atomic mass is 35.5. The first-order valence-corrected chi connectivity index (χ1v) is 13.6. The van der Waals surface area contributed by atoms with Crippen molar-refractivity contribution in [1.82, 2.24) is 0 Å². The van der Waals surface area contributed by atoms with E-state index in [0.29, 0.717) is 17.1 Å². The molecule has 3 N–H and O–H groups in total. The number of anilines is 2. The molecule has 2 aromatic carbocycles. The summed E-state index contributed by atoms with van der Waals surface area (Å²) < 4.78 is 37.2. The quantitative estimate of drug-likeness (QED) is 0.289. The number of amides is 2. The number of nitrogens with zero attached hydrogens (tertiary/aromatic N) is 1. The fourth-order valence-corrected chi connectivity index (χ4v) is 4.50. The first-order valence-electron chi connectivity index (χ1n) is 13.2. The summed E-state index contributed by atoms with van der Waals surface area (Å²) >= 11 is 6.34. The number of halogens is 3. The Hall–Kier alpha value is -3.28. The van der Waals surface area contributed by atoms with Gasteiger partial charge in [0.2, 0.25) is 5.91 Å². The summed E-state index contributed by atoms with van der Waals surface area (Å²) in [4.78, 5) is 39.1. The van der Waals surface area contributed by atoms with Gasteiger partial charge in [-0.05, 0) is 54.8 Å². The number of hydrogen-bond donors (Lipinski definition) is 3. The van der Waals surface area contributed by atoms with Crippen LogP contribution < -0.4 is 15.0 Å². The van der Waals surface area contributed by atoms with Gasteiger partial charge in [-0.15, -0.1) is 0 Å². The smallest absolute Gasteiger partial charge is 0.474 e. The highest BCUT2D eigenvalue weighted by Crippen LogP contribution is 2.41. The first kappa shape index (κ1) is 32.2. The molecule has 1 aliphatic heterocycles. The standard InChI is InChI=1S/C29H35ClF2N2O7/c1-5-17(2)12-23-21-13-18(30)6-11-22(21)34(15-28(3,4)16-35)26(37)24(40-23)14-25(36)33-19-7-9-20(10-8-19)41-29(31,32)27(38)39/h6-11,13,17,23-24,35H,5,12,14-16H2,1-4H3,(H,33,36)(H,38,39)/t17?,23-,24+/m0/s1. The second-order valence-corrected chi connectivity index (χ2v) is 11.4. The molecule has 0 spiro atoms. The molecule has 0 bridgehead atoms. The average Bonchev–Trinajstić information content (AvgIpc) is 3.00. The monoisotopic (exact) mass is 596 g/mol. The molecular formula is C29H35ClF2N2O7. The van der Waals surface area contributed by atoms with Gasteiger partial charge in [-0.1, -0.05) is 45.7 Å². The third-order valence-corrected chi connectivity index (χ3v) is 7.06. The van der Waals surface area contributed by atoms with Crippen LogP contribution in [0.5, 0.6) is 5.75 Å². The number of benzene rings is 2. The largest absolute Gasteiger partial charge is 0.501 e. The number of carbonyl (C=O) groups excluding carboxylic acids is 2. The summed E-state index contributed by atoms with van der Waals surface area (Å²) in [6, 6.07) is 9.88. The molecule has 9 nitrogen and oxygen atoms in total. The zero-order valence-corrected chi connectivity index (χ0v) is 24.1. The van der Waals surface area contributed by atoms with Crippen LogP contribution in [0.15, 0.2) is 42.5 Å². The number of alkyl halides is 2. The van der Waals surface area contributed by atoms with E-state index in [2.05, 4.69) is 17.0 Å². The summed E-state index contributed by atoms with van der Waals surface area (Å²) in [5, 5.41) is 21.5. The van der Waals surface area contributed by atoms with Gasteiger partial charge in [0.05, 0.1) is 12.5 Å². The van der Waals surface area contributed by atoms with Crippen LogP contribution in [-0.4, -0.2) is 53.4 Å². The van der Waals surface area contributed by atoms with E-state index in [9.17, 15) is 28.3 Å². The fraction of sp³-hybridized carbons (Fsp3) is 0.483. The van der Waals surface area contributed by atoms with Gasteiger partial charge >= 0.3 is 12.1 Å². The molecule has 3 atom stereocenters.